The molecule has 5 nitrogen and oxygen atoms in total. The van der Waals surface area contributed by atoms with E-state index in [0.29, 0.717) is 30.7 Å². The minimum absolute atomic E-state index is 0.148. The first kappa shape index (κ1) is 15.7. The molecule has 0 spiro atoms. The van der Waals surface area contributed by atoms with E-state index in [1.54, 1.807) is 31.4 Å². The summed E-state index contributed by atoms with van der Waals surface area (Å²) >= 11 is 0. The van der Waals surface area contributed by atoms with E-state index < -0.39 is 0 Å². The standard InChI is InChI=1S/C15H18N2O3/c1-3-10-16-15(19)12-7-4-5-8-13(12)17-14(18)9-6-11-20-2/h1,4-5,7-8H,6,9-11H2,2H3,(H,16,19)(H,17,18). The summed E-state index contributed by atoms with van der Waals surface area (Å²) in [6.45, 7) is 0.673. The van der Waals surface area contributed by atoms with Crippen molar-refractivity contribution in [2.24, 2.45) is 0 Å². The van der Waals surface area contributed by atoms with Gasteiger partial charge in [0, 0.05) is 20.1 Å². The number of nitrogens with one attached hydrogen (secondary N) is 2. The minimum Gasteiger partial charge on any atom is -0.385 e. The number of hydrogen-bond acceptors (Lipinski definition) is 3. The number of carbonyl (C=O) groups excluding carboxylic acids is 2. The largest absolute Gasteiger partial charge is 0.385 e. The van der Waals surface area contributed by atoms with Gasteiger partial charge in [-0.1, -0.05) is 18.1 Å². The molecule has 1 aromatic rings. The van der Waals surface area contributed by atoms with Gasteiger partial charge in [-0.3, -0.25) is 9.59 Å². The first-order chi connectivity index (χ1) is 9.69. The summed E-state index contributed by atoms with van der Waals surface area (Å²) in [4.78, 5) is 23.6. The van der Waals surface area contributed by atoms with E-state index >= 15 is 0 Å². The van der Waals surface area contributed by atoms with Crippen molar-refractivity contribution in [1.29, 1.82) is 0 Å². The molecule has 2 amide bonds. The van der Waals surface area contributed by atoms with E-state index in [-0.39, 0.29) is 18.4 Å². The zero-order chi connectivity index (χ0) is 14.8. The van der Waals surface area contributed by atoms with Crippen molar-refractivity contribution >= 4 is 17.5 Å². The highest BCUT2D eigenvalue weighted by atomic mass is 16.5. The predicted octanol–water partition coefficient (Wildman–Crippen LogP) is 1.41. The first-order valence-corrected chi connectivity index (χ1v) is 6.28. The number of amides is 2. The van der Waals surface area contributed by atoms with Gasteiger partial charge in [0.05, 0.1) is 17.8 Å². The predicted molar refractivity (Wildman–Crippen MR) is 77.3 cm³/mol. The van der Waals surface area contributed by atoms with Crippen molar-refractivity contribution in [2.45, 2.75) is 12.8 Å². The van der Waals surface area contributed by atoms with Gasteiger partial charge in [-0.2, -0.15) is 0 Å². The zero-order valence-corrected chi connectivity index (χ0v) is 11.4. The molecular formula is C15H18N2O3. The third-order valence-electron chi connectivity index (χ3n) is 2.55. The Balaban J connectivity index is 2.68. The zero-order valence-electron chi connectivity index (χ0n) is 11.4. The summed E-state index contributed by atoms with van der Waals surface area (Å²) in [6, 6.07) is 6.80. The van der Waals surface area contributed by atoms with Crippen molar-refractivity contribution in [1.82, 2.24) is 5.32 Å². The van der Waals surface area contributed by atoms with Crippen molar-refractivity contribution in [3.8, 4) is 12.3 Å². The van der Waals surface area contributed by atoms with Gasteiger partial charge < -0.3 is 15.4 Å². The Bertz CT molecular complexity index is 506. The lowest BCUT2D eigenvalue weighted by atomic mass is 10.1. The van der Waals surface area contributed by atoms with Gasteiger partial charge in [0.1, 0.15) is 0 Å². The molecule has 0 aliphatic rings. The summed E-state index contributed by atoms with van der Waals surface area (Å²) in [5.74, 6) is 1.87. The fourth-order valence-corrected chi connectivity index (χ4v) is 1.61. The lowest BCUT2D eigenvalue weighted by Crippen LogP contribution is -2.25. The maximum absolute atomic E-state index is 11.9. The third kappa shape index (κ3) is 5.12. The van der Waals surface area contributed by atoms with Gasteiger partial charge in [0.25, 0.3) is 5.91 Å². The van der Waals surface area contributed by atoms with Gasteiger partial charge in [0.2, 0.25) is 5.91 Å². The molecule has 0 unspecified atom stereocenters. The number of para-hydroxylation sites is 1. The maximum atomic E-state index is 11.9. The van der Waals surface area contributed by atoms with E-state index in [1.165, 1.54) is 0 Å². The molecule has 2 N–H and O–H groups in total. The molecule has 0 bridgehead atoms. The Morgan fingerprint density at radius 3 is 2.80 bits per heavy atom. The van der Waals surface area contributed by atoms with Crippen LogP contribution >= 0.6 is 0 Å². The highest BCUT2D eigenvalue weighted by molar-refractivity contribution is 6.03. The van der Waals surface area contributed by atoms with Gasteiger partial charge in [-0.15, -0.1) is 6.42 Å². The molecule has 0 saturated carbocycles. The normalized spacial score (nSPS) is 9.60. The topological polar surface area (TPSA) is 67.4 Å². The van der Waals surface area contributed by atoms with Crippen molar-refractivity contribution in [3.05, 3.63) is 29.8 Å². The van der Waals surface area contributed by atoms with Crippen LogP contribution in [0.2, 0.25) is 0 Å². The van der Waals surface area contributed by atoms with Crippen LogP contribution in [0.5, 0.6) is 0 Å². The Morgan fingerprint density at radius 2 is 2.10 bits per heavy atom. The van der Waals surface area contributed by atoms with E-state index in [4.69, 9.17) is 11.2 Å². The Morgan fingerprint density at radius 1 is 1.35 bits per heavy atom. The fraction of sp³-hybridized carbons (Fsp3) is 0.333. The van der Waals surface area contributed by atoms with Crippen LogP contribution in [0.15, 0.2) is 24.3 Å². The van der Waals surface area contributed by atoms with E-state index in [0.717, 1.165) is 0 Å². The van der Waals surface area contributed by atoms with E-state index in [2.05, 4.69) is 16.6 Å². The number of benzene rings is 1. The van der Waals surface area contributed by atoms with E-state index in [9.17, 15) is 9.59 Å². The van der Waals surface area contributed by atoms with Crippen molar-refractivity contribution in [3.63, 3.8) is 0 Å². The molecule has 0 radical (unpaired) electrons. The molecule has 0 aliphatic carbocycles. The van der Waals surface area contributed by atoms with Crippen LogP contribution in [0, 0.1) is 12.3 Å². The van der Waals surface area contributed by atoms with Crippen LogP contribution in [0.1, 0.15) is 23.2 Å². The molecule has 0 aliphatic heterocycles. The molecule has 1 rings (SSSR count). The van der Waals surface area contributed by atoms with Gasteiger partial charge in [-0.25, -0.2) is 0 Å². The second kappa shape index (κ2) is 8.73. The SMILES string of the molecule is C#CCNC(=O)c1ccccc1NC(=O)CCCOC. The van der Waals surface area contributed by atoms with Crippen LogP contribution in [0.25, 0.3) is 0 Å². The Hall–Kier alpha value is -2.32. The Labute approximate surface area is 118 Å². The van der Waals surface area contributed by atoms with Crippen molar-refractivity contribution < 1.29 is 14.3 Å². The molecule has 0 saturated heterocycles. The molecule has 20 heavy (non-hydrogen) atoms. The van der Waals surface area contributed by atoms with Crippen LogP contribution in [-0.2, 0) is 9.53 Å². The highest BCUT2D eigenvalue weighted by Crippen LogP contribution is 2.15. The Kier molecular flexibility index (Phi) is 6.87. The molecule has 0 fully saturated rings. The summed E-state index contributed by atoms with van der Waals surface area (Å²) in [5.41, 5.74) is 0.868. The molecule has 0 heterocycles. The second-order valence-electron chi connectivity index (χ2n) is 4.08. The number of terminal acetylenes is 1. The lowest BCUT2D eigenvalue weighted by Gasteiger charge is -2.10. The van der Waals surface area contributed by atoms with Crippen LogP contribution < -0.4 is 10.6 Å². The van der Waals surface area contributed by atoms with E-state index in [1.807, 2.05) is 0 Å². The summed E-state index contributed by atoms with van der Waals surface area (Å²) in [6.07, 6.45) is 6.07. The lowest BCUT2D eigenvalue weighted by molar-refractivity contribution is -0.116. The fourth-order valence-electron chi connectivity index (χ4n) is 1.61. The smallest absolute Gasteiger partial charge is 0.254 e. The number of methoxy groups -OCH3 is 1. The van der Waals surface area contributed by atoms with Crippen LogP contribution in [0.3, 0.4) is 0 Å². The van der Waals surface area contributed by atoms with Crippen LogP contribution in [-0.4, -0.2) is 32.1 Å². The molecular weight excluding hydrogens is 256 g/mol. The average molecular weight is 274 g/mol. The molecule has 0 atom stereocenters. The van der Waals surface area contributed by atoms with Gasteiger partial charge >= 0.3 is 0 Å². The van der Waals surface area contributed by atoms with Gasteiger partial charge in [-0.05, 0) is 18.6 Å². The molecule has 5 heteroatoms. The highest BCUT2D eigenvalue weighted by Gasteiger charge is 2.12. The molecule has 106 valence electrons. The van der Waals surface area contributed by atoms with Crippen molar-refractivity contribution in [2.75, 3.05) is 25.6 Å². The number of anilines is 1. The summed E-state index contributed by atoms with van der Waals surface area (Å²) in [7, 11) is 1.59. The number of ether oxygens (including phenoxy) is 1. The maximum Gasteiger partial charge on any atom is 0.254 e. The average Bonchev–Trinajstić information content (AvgIpc) is 2.45. The van der Waals surface area contributed by atoms with Gasteiger partial charge in [0.15, 0.2) is 0 Å². The number of hydrogen-bond donors (Lipinski definition) is 2. The quantitative estimate of drug-likeness (QED) is 0.583. The molecule has 1 aromatic carbocycles. The second-order valence-corrected chi connectivity index (χ2v) is 4.08. The third-order valence-corrected chi connectivity index (χ3v) is 2.55. The summed E-state index contributed by atoms with van der Waals surface area (Å²) < 4.78 is 4.89. The minimum atomic E-state index is -0.309. The van der Waals surface area contributed by atoms with Crippen LogP contribution in [0.4, 0.5) is 5.69 Å². The monoisotopic (exact) mass is 274 g/mol. The first-order valence-electron chi connectivity index (χ1n) is 6.28. The molecule has 0 aromatic heterocycles. The number of rotatable bonds is 7. The summed E-state index contributed by atoms with van der Waals surface area (Å²) in [5, 5.41) is 5.29. The number of carbonyl (C=O) groups is 2.